The Labute approximate surface area is 170 Å². The number of hydrogen-bond donors (Lipinski definition) is 2. The summed E-state index contributed by atoms with van der Waals surface area (Å²) in [5, 5.41) is 3.01. The molecule has 2 aliphatic rings. The van der Waals surface area contributed by atoms with E-state index in [2.05, 4.69) is 11.9 Å². The molecule has 7 heteroatoms. The first-order valence-electron chi connectivity index (χ1n) is 9.43. The number of esters is 2. The maximum absolute atomic E-state index is 12.2. The second-order valence-electron chi connectivity index (χ2n) is 6.82. The van der Waals surface area contributed by atoms with E-state index in [1.807, 2.05) is 6.92 Å². The third-order valence-corrected chi connectivity index (χ3v) is 4.47. The Kier molecular flexibility index (Phi) is 7.77. The molecule has 154 valence electrons. The van der Waals surface area contributed by atoms with E-state index in [-0.39, 0.29) is 11.1 Å². The standard InChI is InChI=1S/C22H26N2O5/c1-16(19(23)25)10-9-11-17(2)24-15-8-3-5-12-18-20(26)28-22(29-21(18)27)13-6-4-7-14-22/h3,5,8-12,15,24H,1,4,6-7,13-14H2,2H3,(H2,23,25)/b5-3+,10-9-,15-8+,17-11+. The van der Waals surface area contributed by atoms with Crippen molar-refractivity contribution in [3.8, 4) is 0 Å². The molecule has 0 unspecified atom stereocenters. The average molecular weight is 398 g/mol. The van der Waals surface area contributed by atoms with Crippen LogP contribution < -0.4 is 11.1 Å². The van der Waals surface area contributed by atoms with Crippen molar-refractivity contribution >= 4 is 17.8 Å². The number of allylic oxidation sites excluding steroid dienone is 7. The normalized spacial score (nSPS) is 19.6. The Balaban J connectivity index is 1.85. The summed E-state index contributed by atoms with van der Waals surface area (Å²) in [4.78, 5) is 35.2. The van der Waals surface area contributed by atoms with E-state index in [9.17, 15) is 14.4 Å². The molecule has 2 fully saturated rings. The van der Waals surface area contributed by atoms with Crippen molar-refractivity contribution in [3.63, 3.8) is 0 Å². The Morgan fingerprint density at radius 3 is 2.34 bits per heavy atom. The van der Waals surface area contributed by atoms with Crippen LogP contribution in [0.1, 0.15) is 39.0 Å². The summed E-state index contributed by atoms with van der Waals surface area (Å²) in [6.45, 7) is 5.35. The van der Waals surface area contributed by atoms with Crippen molar-refractivity contribution in [2.24, 2.45) is 5.73 Å². The number of hydrogen-bond acceptors (Lipinski definition) is 6. The molecule has 0 aromatic rings. The van der Waals surface area contributed by atoms with Crippen molar-refractivity contribution in [1.82, 2.24) is 5.32 Å². The monoisotopic (exact) mass is 398 g/mol. The molecule has 1 aliphatic heterocycles. The molecule has 1 amide bonds. The number of primary amides is 1. The summed E-state index contributed by atoms with van der Waals surface area (Å²) in [6, 6.07) is 0. The van der Waals surface area contributed by atoms with Crippen LogP contribution in [-0.4, -0.2) is 23.6 Å². The van der Waals surface area contributed by atoms with Crippen LogP contribution in [0, 0.1) is 0 Å². The van der Waals surface area contributed by atoms with Gasteiger partial charge in [-0.25, -0.2) is 9.59 Å². The highest BCUT2D eigenvalue weighted by Gasteiger charge is 2.46. The molecule has 1 aliphatic carbocycles. The minimum Gasteiger partial charge on any atom is -0.419 e. The van der Waals surface area contributed by atoms with Crippen LogP contribution in [0.15, 0.2) is 72.2 Å². The molecule has 0 aromatic heterocycles. The van der Waals surface area contributed by atoms with E-state index in [4.69, 9.17) is 15.2 Å². The molecular weight excluding hydrogens is 372 g/mol. The first-order valence-corrected chi connectivity index (χ1v) is 9.43. The van der Waals surface area contributed by atoms with Gasteiger partial charge in [0.15, 0.2) is 0 Å². The number of carbonyl (C=O) groups excluding carboxylic acids is 3. The first kappa shape index (κ1) is 21.9. The molecule has 2 rings (SSSR count). The van der Waals surface area contributed by atoms with E-state index in [1.165, 1.54) is 12.2 Å². The molecule has 1 heterocycles. The molecule has 0 aromatic carbocycles. The molecule has 1 saturated heterocycles. The molecule has 0 atom stereocenters. The summed E-state index contributed by atoms with van der Waals surface area (Å²) >= 11 is 0. The van der Waals surface area contributed by atoms with Gasteiger partial charge in [-0.05, 0) is 38.0 Å². The highest BCUT2D eigenvalue weighted by Crippen LogP contribution is 2.36. The molecule has 7 nitrogen and oxygen atoms in total. The maximum Gasteiger partial charge on any atom is 0.348 e. The summed E-state index contributed by atoms with van der Waals surface area (Å²) in [6.07, 6.45) is 16.8. The van der Waals surface area contributed by atoms with Gasteiger partial charge in [0.05, 0.1) is 0 Å². The third-order valence-electron chi connectivity index (χ3n) is 4.47. The van der Waals surface area contributed by atoms with E-state index in [0.717, 1.165) is 25.0 Å². The van der Waals surface area contributed by atoms with Crippen LogP contribution in [0.25, 0.3) is 0 Å². The Bertz CT molecular complexity index is 802. The number of rotatable bonds is 7. The summed E-state index contributed by atoms with van der Waals surface area (Å²) in [7, 11) is 0. The van der Waals surface area contributed by atoms with E-state index in [1.54, 1.807) is 36.6 Å². The van der Waals surface area contributed by atoms with Gasteiger partial charge >= 0.3 is 11.9 Å². The average Bonchev–Trinajstić information content (AvgIpc) is 2.66. The number of amides is 1. The number of ether oxygens (including phenoxy) is 2. The fourth-order valence-electron chi connectivity index (χ4n) is 2.87. The first-order chi connectivity index (χ1) is 13.8. The largest absolute Gasteiger partial charge is 0.419 e. The Morgan fingerprint density at radius 1 is 1.07 bits per heavy atom. The topological polar surface area (TPSA) is 108 Å². The van der Waals surface area contributed by atoms with Crippen LogP contribution in [0.5, 0.6) is 0 Å². The van der Waals surface area contributed by atoms with Gasteiger partial charge in [0.25, 0.3) is 5.79 Å². The minimum atomic E-state index is -1.07. The zero-order chi connectivity index (χ0) is 21.3. The van der Waals surface area contributed by atoms with E-state index < -0.39 is 23.6 Å². The number of carbonyl (C=O) groups is 3. The molecular formula is C22H26N2O5. The van der Waals surface area contributed by atoms with Gasteiger partial charge in [0.2, 0.25) is 5.91 Å². The molecule has 1 saturated carbocycles. The lowest BCUT2D eigenvalue weighted by Gasteiger charge is -2.38. The summed E-state index contributed by atoms with van der Waals surface area (Å²) < 4.78 is 10.8. The van der Waals surface area contributed by atoms with Gasteiger partial charge in [-0.2, -0.15) is 0 Å². The van der Waals surface area contributed by atoms with Crippen LogP contribution >= 0.6 is 0 Å². The highest BCUT2D eigenvalue weighted by atomic mass is 16.7. The van der Waals surface area contributed by atoms with E-state index >= 15 is 0 Å². The SMILES string of the molecule is C=C(/C=C\C=C(/C)N/C=C/C=C/C=C1C(=O)OC2(CCCCC2)OC1=O)C(N)=O. The highest BCUT2D eigenvalue weighted by molar-refractivity contribution is 6.15. The van der Waals surface area contributed by atoms with Crippen LogP contribution in [0.4, 0.5) is 0 Å². The zero-order valence-electron chi connectivity index (χ0n) is 16.5. The zero-order valence-corrected chi connectivity index (χ0v) is 16.5. The Hall–Kier alpha value is -3.35. The quantitative estimate of drug-likeness (QED) is 0.295. The van der Waals surface area contributed by atoms with Crippen LogP contribution in [0.2, 0.25) is 0 Å². The fraction of sp³-hybridized carbons (Fsp3) is 0.318. The summed E-state index contributed by atoms with van der Waals surface area (Å²) in [5.74, 6) is -2.92. The third kappa shape index (κ3) is 6.64. The molecule has 1 spiro atoms. The van der Waals surface area contributed by atoms with Crippen molar-refractivity contribution in [1.29, 1.82) is 0 Å². The summed E-state index contributed by atoms with van der Waals surface area (Å²) in [5.41, 5.74) is 6.00. The van der Waals surface area contributed by atoms with Gasteiger partial charge < -0.3 is 20.5 Å². The van der Waals surface area contributed by atoms with Gasteiger partial charge in [-0.15, -0.1) is 0 Å². The predicted molar refractivity (Wildman–Crippen MR) is 109 cm³/mol. The Morgan fingerprint density at radius 2 is 1.72 bits per heavy atom. The van der Waals surface area contributed by atoms with E-state index in [0.29, 0.717) is 12.8 Å². The van der Waals surface area contributed by atoms with Gasteiger partial charge in [-0.3, -0.25) is 4.79 Å². The lowest BCUT2D eigenvalue weighted by Crippen LogP contribution is -2.47. The molecule has 0 bridgehead atoms. The maximum atomic E-state index is 12.2. The van der Waals surface area contributed by atoms with Crippen molar-refractivity contribution < 1.29 is 23.9 Å². The van der Waals surface area contributed by atoms with Gasteiger partial charge in [-0.1, -0.05) is 37.3 Å². The lowest BCUT2D eigenvalue weighted by molar-refractivity contribution is -0.244. The second kappa shape index (κ2) is 10.3. The minimum absolute atomic E-state index is 0.116. The number of nitrogens with one attached hydrogen (secondary N) is 1. The van der Waals surface area contributed by atoms with Gasteiger partial charge in [0, 0.05) is 30.3 Å². The van der Waals surface area contributed by atoms with Crippen LogP contribution in [0.3, 0.4) is 0 Å². The number of nitrogens with two attached hydrogens (primary N) is 1. The van der Waals surface area contributed by atoms with Crippen molar-refractivity contribution in [2.45, 2.75) is 44.8 Å². The van der Waals surface area contributed by atoms with Crippen LogP contribution in [-0.2, 0) is 23.9 Å². The molecule has 29 heavy (non-hydrogen) atoms. The fourth-order valence-corrected chi connectivity index (χ4v) is 2.87. The van der Waals surface area contributed by atoms with Crippen molar-refractivity contribution in [3.05, 3.63) is 72.2 Å². The molecule has 3 N–H and O–H groups in total. The smallest absolute Gasteiger partial charge is 0.348 e. The second-order valence-corrected chi connectivity index (χ2v) is 6.82. The van der Waals surface area contributed by atoms with Gasteiger partial charge in [0.1, 0.15) is 5.57 Å². The van der Waals surface area contributed by atoms with Crippen molar-refractivity contribution in [2.75, 3.05) is 0 Å². The lowest BCUT2D eigenvalue weighted by atomic mass is 9.93. The predicted octanol–water partition coefficient (Wildman–Crippen LogP) is 2.83. The molecule has 0 radical (unpaired) electrons.